The van der Waals surface area contributed by atoms with E-state index in [4.69, 9.17) is 4.74 Å². The molecule has 0 unspecified atom stereocenters. The van der Waals surface area contributed by atoms with E-state index in [2.05, 4.69) is 20.3 Å². The zero-order valence-electron chi connectivity index (χ0n) is 15.3. The lowest BCUT2D eigenvalue weighted by Gasteiger charge is -2.17. The average molecular weight is 373 g/mol. The summed E-state index contributed by atoms with van der Waals surface area (Å²) < 4.78 is 7.44. The summed E-state index contributed by atoms with van der Waals surface area (Å²) >= 11 is 0. The van der Waals surface area contributed by atoms with Gasteiger partial charge in [0, 0.05) is 30.6 Å². The van der Waals surface area contributed by atoms with Crippen molar-refractivity contribution in [3.05, 3.63) is 71.8 Å². The Morgan fingerprint density at radius 3 is 2.86 bits per heavy atom. The predicted octanol–water partition coefficient (Wildman–Crippen LogP) is 2.80. The van der Waals surface area contributed by atoms with Crippen LogP contribution in [0.4, 0.5) is 0 Å². The van der Waals surface area contributed by atoms with Gasteiger partial charge in [0.05, 0.1) is 7.11 Å². The number of rotatable bonds is 3. The quantitative estimate of drug-likeness (QED) is 0.578. The number of hydrogen-bond acceptors (Lipinski definition) is 4. The monoisotopic (exact) mass is 373 g/mol. The SMILES string of the molecule is COc1ccccc1[C@@H]1CNC(=O)c2nc(-c3cn4ccccc4n3)[nH]c2C1. The second-order valence-electron chi connectivity index (χ2n) is 6.86. The number of pyridine rings is 1. The van der Waals surface area contributed by atoms with Gasteiger partial charge in [-0.15, -0.1) is 0 Å². The summed E-state index contributed by atoms with van der Waals surface area (Å²) in [7, 11) is 1.66. The van der Waals surface area contributed by atoms with Gasteiger partial charge in [0.1, 0.15) is 22.8 Å². The number of hydrogen-bond donors (Lipinski definition) is 2. The molecule has 5 rings (SSSR count). The molecule has 0 fully saturated rings. The van der Waals surface area contributed by atoms with Crippen LogP contribution in [0.3, 0.4) is 0 Å². The molecule has 4 aromatic rings. The molecule has 0 radical (unpaired) electrons. The van der Waals surface area contributed by atoms with Crippen molar-refractivity contribution in [2.75, 3.05) is 13.7 Å². The third kappa shape index (κ3) is 2.72. The minimum atomic E-state index is -0.168. The van der Waals surface area contributed by atoms with Crippen LogP contribution < -0.4 is 10.1 Å². The van der Waals surface area contributed by atoms with Gasteiger partial charge < -0.3 is 19.4 Å². The first kappa shape index (κ1) is 16.6. The minimum Gasteiger partial charge on any atom is -0.496 e. The minimum absolute atomic E-state index is 0.0933. The molecule has 140 valence electrons. The number of benzene rings is 1. The predicted molar refractivity (Wildman–Crippen MR) is 105 cm³/mol. The third-order valence-electron chi connectivity index (χ3n) is 5.14. The number of nitrogens with one attached hydrogen (secondary N) is 2. The number of amides is 1. The number of carbonyl (C=O) groups excluding carboxylic acids is 1. The van der Waals surface area contributed by atoms with Crippen LogP contribution in [0, 0.1) is 0 Å². The average Bonchev–Trinajstić information content (AvgIpc) is 3.31. The van der Waals surface area contributed by atoms with Gasteiger partial charge in [-0.05, 0) is 30.2 Å². The Morgan fingerprint density at radius 1 is 1.14 bits per heavy atom. The maximum absolute atomic E-state index is 12.6. The summed E-state index contributed by atoms with van der Waals surface area (Å²) in [6.07, 6.45) is 4.50. The lowest BCUT2D eigenvalue weighted by Crippen LogP contribution is -2.26. The zero-order chi connectivity index (χ0) is 19.1. The molecule has 0 aliphatic carbocycles. The lowest BCUT2D eigenvalue weighted by atomic mass is 9.93. The summed E-state index contributed by atoms with van der Waals surface area (Å²) in [5.41, 5.74) is 3.87. The van der Waals surface area contributed by atoms with Crippen molar-refractivity contribution in [3.8, 4) is 17.3 Å². The van der Waals surface area contributed by atoms with E-state index in [0.717, 1.165) is 22.7 Å². The zero-order valence-corrected chi connectivity index (χ0v) is 15.3. The molecule has 4 heterocycles. The molecule has 1 aromatic carbocycles. The Hall–Kier alpha value is -3.61. The largest absolute Gasteiger partial charge is 0.496 e. The highest BCUT2D eigenvalue weighted by molar-refractivity contribution is 5.94. The number of ether oxygens (including phenoxy) is 1. The van der Waals surface area contributed by atoms with Crippen LogP contribution in [0.2, 0.25) is 0 Å². The van der Waals surface area contributed by atoms with E-state index in [1.165, 1.54) is 0 Å². The first-order valence-electron chi connectivity index (χ1n) is 9.17. The number of para-hydroxylation sites is 1. The van der Waals surface area contributed by atoms with Crippen molar-refractivity contribution in [2.45, 2.75) is 12.3 Å². The van der Waals surface area contributed by atoms with Crippen molar-refractivity contribution in [1.29, 1.82) is 0 Å². The molecular weight excluding hydrogens is 354 g/mol. The van der Waals surface area contributed by atoms with Gasteiger partial charge in [0.2, 0.25) is 0 Å². The number of fused-ring (bicyclic) bond motifs is 2. The molecule has 7 nitrogen and oxygen atoms in total. The van der Waals surface area contributed by atoms with Gasteiger partial charge in [0.15, 0.2) is 5.82 Å². The normalized spacial score (nSPS) is 16.5. The van der Waals surface area contributed by atoms with Gasteiger partial charge in [-0.1, -0.05) is 24.3 Å². The summed E-state index contributed by atoms with van der Waals surface area (Å²) in [6, 6.07) is 13.7. The Kier molecular flexibility index (Phi) is 3.86. The molecule has 3 aromatic heterocycles. The molecule has 1 aliphatic rings. The molecule has 1 atom stereocenters. The molecule has 28 heavy (non-hydrogen) atoms. The maximum atomic E-state index is 12.6. The van der Waals surface area contributed by atoms with Crippen molar-refractivity contribution in [1.82, 2.24) is 24.7 Å². The number of methoxy groups -OCH3 is 1. The fraction of sp³-hybridized carbons (Fsp3) is 0.190. The summed E-state index contributed by atoms with van der Waals surface area (Å²) in [4.78, 5) is 25.1. The third-order valence-corrected chi connectivity index (χ3v) is 5.14. The van der Waals surface area contributed by atoms with Crippen LogP contribution in [0.1, 0.15) is 27.7 Å². The summed E-state index contributed by atoms with van der Waals surface area (Å²) in [5.74, 6) is 1.35. The molecule has 0 saturated carbocycles. The highest BCUT2D eigenvalue weighted by Crippen LogP contribution is 2.31. The van der Waals surface area contributed by atoms with E-state index >= 15 is 0 Å². The first-order valence-corrected chi connectivity index (χ1v) is 9.17. The Bertz CT molecular complexity index is 1140. The van der Waals surface area contributed by atoms with Crippen molar-refractivity contribution >= 4 is 11.6 Å². The van der Waals surface area contributed by atoms with Crippen LogP contribution in [-0.2, 0) is 6.42 Å². The number of aromatic nitrogens is 4. The second kappa shape index (κ2) is 6.53. The van der Waals surface area contributed by atoms with Crippen molar-refractivity contribution < 1.29 is 9.53 Å². The highest BCUT2D eigenvalue weighted by Gasteiger charge is 2.28. The smallest absolute Gasteiger partial charge is 0.271 e. The number of aromatic amines is 1. The maximum Gasteiger partial charge on any atom is 0.271 e. The van der Waals surface area contributed by atoms with Crippen LogP contribution in [0.15, 0.2) is 54.9 Å². The van der Waals surface area contributed by atoms with E-state index in [0.29, 0.717) is 30.2 Å². The van der Waals surface area contributed by atoms with E-state index in [9.17, 15) is 4.79 Å². The number of nitrogens with zero attached hydrogens (tertiary/aromatic N) is 3. The molecular formula is C21H19N5O2. The van der Waals surface area contributed by atoms with E-state index in [-0.39, 0.29) is 11.8 Å². The van der Waals surface area contributed by atoms with Crippen molar-refractivity contribution in [3.63, 3.8) is 0 Å². The highest BCUT2D eigenvalue weighted by atomic mass is 16.5. The number of H-pyrrole nitrogens is 1. The van der Waals surface area contributed by atoms with E-state index in [1.807, 2.05) is 59.3 Å². The number of imidazole rings is 2. The Balaban J connectivity index is 1.54. The summed E-state index contributed by atoms with van der Waals surface area (Å²) in [6.45, 7) is 0.535. The summed E-state index contributed by atoms with van der Waals surface area (Å²) in [5, 5.41) is 2.99. The molecule has 7 heteroatoms. The van der Waals surface area contributed by atoms with E-state index in [1.54, 1.807) is 7.11 Å². The van der Waals surface area contributed by atoms with Crippen molar-refractivity contribution in [2.24, 2.45) is 0 Å². The van der Waals surface area contributed by atoms with Gasteiger partial charge in [0.25, 0.3) is 5.91 Å². The molecule has 1 amide bonds. The van der Waals surface area contributed by atoms with Crippen LogP contribution >= 0.6 is 0 Å². The molecule has 0 saturated heterocycles. The topological polar surface area (TPSA) is 84.3 Å². The lowest BCUT2D eigenvalue weighted by molar-refractivity contribution is 0.0950. The number of carbonyl (C=O) groups is 1. The molecule has 2 N–H and O–H groups in total. The van der Waals surface area contributed by atoms with Gasteiger partial charge in [-0.3, -0.25) is 4.79 Å². The fourth-order valence-corrected chi connectivity index (χ4v) is 3.76. The first-order chi connectivity index (χ1) is 13.7. The standard InChI is InChI=1S/C21H19N5O2/c1-28-17-7-3-2-6-14(17)13-10-15-19(21(27)22-11-13)25-20(24-15)16-12-26-9-5-4-8-18(26)23-16/h2-9,12-13H,10-11H2,1H3,(H,22,27)(H,24,25)/t13-/m0/s1. The Labute approximate surface area is 161 Å². The molecule has 1 aliphatic heterocycles. The molecule has 0 spiro atoms. The van der Waals surface area contributed by atoms with Crippen LogP contribution in [0.5, 0.6) is 5.75 Å². The van der Waals surface area contributed by atoms with Gasteiger partial charge in [-0.25, -0.2) is 9.97 Å². The van der Waals surface area contributed by atoms with Crippen LogP contribution in [0.25, 0.3) is 17.2 Å². The van der Waals surface area contributed by atoms with E-state index < -0.39 is 0 Å². The second-order valence-corrected chi connectivity index (χ2v) is 6.86. The van der Waals surface area contributed by atoms with Gasteiger partial charge >= 0.3 is 0 Å². The van der Waals surface area contributed by atoms with Crippen LogP contribution in [-0.4, -0.2) is 38.9 Å². The van der Waals surface area contributed by atoms with Gasteiger partial charge in [-0.2, -0.15) is 0 Å². The Morgan fingerprint density at radius 2 is 2.00 bits per heavy atom. The molecule has 0 bridgehead atoms. The fourth-order valence-electron chi connectivity index (χ4n) is 3.76.